The van der Waals surface area contributed by atoms with Gasteiger partial charge in [0.2, 0.25) is 0 Å². The third-order valence-corrected chi connectivity index (χ3v) is 4.05. The second-order valence-corrected chi connectivity index (χ2v) is 7.45. The molecule has 4 heteroatoms. The first-order valence-corrected chi connectivity index (χ1v) is 8.46. The summed E-state index contributed by atoms with van der Waals surface area (Å²) in [5.41, 5.74) is 2.40. The molecule has 1 N–H and O–H groups in total. The van der Waals surface area contributed by atoms with Crippen molar-refractivity contribution in [2.45, 2.75) is 58.4 Å². The predicted molar refractivity (Wildman–Crippen MR) is 89.4 cm³/mol. The van der Waals surface area contributed by atoms with Gasteiger partial charge >= 0.3 is 0 Å². The van der Waals surface area contributed by atoms with Crippen molar-refractivity contribution in [3.05, 3.63) is 33.8 Å². The Hall–Kier alpha value is -0.420. The number of benzene rings is 1. The quantitative estimate of drug-likeness (QED) is 0.714. The van der Waals surface area contributed by atoms with Gasteiger partial charge in [0.1, 0.15) is 0 Å². The molecule has 0 aromatic heterocycles. The zero-order valence-corrected chi connectivity index (χ0v) is 14.8. The van der Waals surface area contributed by atoms with Crippen molar-refractivity contribution in [1.82, 2.24) is 5.32 Å². The molecule has 0 bridgehead atoms. The van der Waals surface area contributed by atoms with Crippen molar-refractivity contribution in [3.8, 4) is 0 Å². The smallest absolute Gasteiger partial charge is 0.0728 e. The number of ether oxygens (including phenoxy) is 2. The van der Waals surface area contributed by atoms with Crippen LogP contribution in [0.1, 0.15) is 44.7 Å². The zero-order chi connectivity index (χ0) is 15.3. The normalized spacial score (nSPS) is 15.4. The molecular formula is C17H26BrNO2. The van der Waals surface area contributed by atoms with Crippen LogP contribution in [0, 0.1) is 0 Å². The Kier molecular flexibility index (Phi) is 6.23. The molecule has 1 aliphatic rings. The molecule has 21 heavy (non-hydrogen) atoms. The molecule has 0 heterocycles. The van der Waals surface area contributed by atoms with Crippen molar-refractivity contribution in [2.75, 3.05) is 13.2 Å². The monoisotopic (exact) mass is 355 g/mol. The Morgan fingerprint density at radius 2 is 2.00 bits per heavy atom. The van der Waals surface area contributed by atoms with Gasteiger partial charge in [0.05, 0.1) is 25.4 Å². The van der Waals surface area contributed by atoms with Crippen molar-refractivity contribution < 1.29 is 9.47 Å². The van der Waals surface area contributed by atoms with Gasteiger partial charge in [-0.05, 0) is 50.8 Å². The van der Waals surface area contributed by atoms with E-state index in [9.17, 15) is 0 Å². The fraction of sp³-hybridized carbons (Fsp3) is 0.647. The minimum Gasteiger partial charge on any atom is -0.374 e. The van der Waals surface area contributed by atoms with Crippen LogP contribution in [0.25, 0.3) is 0 Å². The highest BCUT2D eigenvalue weighted by molar-refractivity contribution is 9.10. The van der Waals surface area contributed by atoms with E-state index >= 15 is 0 Å². The Balaban J connectivity index is 1.70. The van der Waals surface area contributed by atoms with Crippen LogP contribution in [0.3, 0.4) is 0 Å². The van der Waals surface area contributed by atoms with Crippen LogP contribution < -0.4 is 5.32 Å². The number of halogens is 1. The standard InChI is InChI=1S/C17H26BrNO2/c1-17(2,3)21-9-8-20-12-14-5-4-13(10-16(14)18)11-19-15-6-7-15/h4-5,10,15,19H,6-9,11-12H2,1-3H3. The summed E-state index contributed by atoms with van der Waals surface area (Å²) in [5, 5.41) is 3.52. The molecule has 0 unspecified atom stereocenters. The molecule has 1 aromatic carbocycles. The van der Waals surface area contributed by atoms with Crippen LogP contribution in [0.4, 0.5) is 0 Å². The lowest BCUT2D eigenvalue weighted by molar-refractivity contribution is -0.0377. The van der Waals surface area contributed by atoms with Crippen LogP contribution in [0.15, 0.2) is 22.7 Å². The average Bonchev–Trinajstić information content (AvgIpc) is 3.21. The third-order valence-electron chi connectivity index (χ3n) is 3.31. The SMILES string of the molecule is CC(C)(C)OCCOCc1ccc(CNC2CC2)cc1Br. The first-order chi connectivity index (χ1) is 9.94. The van der Waals surface area contributed by atoms with E-state index in [2.05, 4.69) is 60.2 Å². The molecule has 0 atom stereocenters. The summed E-state index contributed by atoms with van der Waals surface area (Å²) in [6.45, 7) is 8.97. The molecule has 0 spiro atoms. The lowest BCUT2D eigenvalue weighted by Gasteiger charge is -2.19. The van der Waals surface area contributed by atoms with Gasteiger partial charge in [-0.15, -0.1) is 0 Å². The predicted octanol–water partition coefficient (Wildman–Crippen LogP) is 4.03. The van der Waals surface area contributed by atoms with Crippen LogP contribution >= 0.6 is 15.9 Å². The minimum atomic E-state index is -0.0971. The second kappa shape index (κ2) is 7.73. The maximum atomic E-state index is 5.67. The van der Waals surface area contributed by atoms with E-state index in [1.807, 2.05) is 0 Å². The van der Waals surface area contributed by atoms with E-state index in [0.29, 0.717) is 19.8 Å². The largest absolute Gasteiger partial charge is 0.374 e. The van der Waals surface area contributed by atoms with E-state index in [1.165, 1.54) is 24.0 Å². The Labute approximate surface area is 136 Å². The van der Waals surface area contributed by atoms with Gasteiger partial charge in [-0.1, -0.05) is 28.1 Å². The molecule has 0 saturated heterocycles. The van der Waals surface area contributed by atoms with E-state index in [4.69, 9.17) is 9.47 Å². The van der Waals surface area contributed by atoms with Crippen molar-refractivity contribution in [3.63, 3.8) is 0 Å². The zero-order valence-electron chi connectivity index (χ0n) is 13.2. The topological polar surface area (TPSA) is 30.5 Å². The van der Waals surface area contributed by atoms with Crippen LogP contribution in [0.5, 0.6) is 0 Å². The average molecular weight is 356 g/mol. The number of hydrogen-bond donors (Lipinski definition) is 1. The summed E-state index contributed by atoms with van der Waals surface area (Å²) in [7, 11) is 0. The molecule has 1 aliphatic carbocycles. The third kappa shape index (κ3) is 6.92. The van der Waals surface area contributed by atoms with Gasteiger partial charge in [-0.2, -0.15) is 0 Å². The fourth-order valence-corrected chi connectivity index (χ4v) is 2.50. The molecular weight excluding hydrogens is 330 g/mol. The Morgan fingerprint density at radius 3 is 2.62 bits per heavy atom. The van der Waals surface area contributed by atoms with Crippen LogP contribution in [0.2, 0.25) is 0 Å². The van der Waals surface area contributed by atoms with E-state index in [1.54, 1.807) is 0 Å². The summed E-state index contributed by atoms with van der Waals surface area (Å²) in [5.74, 6) is 0. The summed E-state index contributed by atoms with van der Waals surface area (Å²) in [4.78, 5) is 0. The highest BCUT2D eigenvalue weighted by Crippen LogP contribution is 2.22. The number of nitrogens with one attached hydrogen (secondary N) is 1. The van der Waals surface area contributed by atoms with Gasteiger partial charge < -0.3 is 14.8 Å². The molecule has 0 radical (unpaired) electrons. The van der Waals surface area contributed by atoms with Crippen molar-refractivity contribution in [1.29, 1.82) is 0 Å². The maximum Gasteiger partial charge on any atom is 0.0728 e. The van der Waals surface area contributed by atoms with Gasteiger partial charge in [0.15, 0.2) is 0 Å². The van der Waals surface area contributed by atoms with Crippen LogP contribution in [-0.2, 0) is 22.6 Å². The minimum absolute atomic E-state index is 0.0971. The Bertz CT molecular complexity index is 453. The summed E-state index contributed by atoms with van der Waals surface area (Å²) >= 11 is 3.63. The first-order valence-electron chi connectivity index (χ1n) is 7.66. The maximum absolute atomic E-state index is 5.67. The second-order valence-electron chi connectivity index (χ2n) is 6.59. The molecule has 0 aliphatic heterocycles. The highest BCUT2D eigenvalue weighted by Gasteiger charge is 2.19. The fourth-order valence-electron chi connectivity index (χ4n) is 1.96. The molecule has 1 aromatic rings. The number of hydrogen-bond acceptors (Lipinski definition) is 3. The molecule has 1 fully saturated rings. The van der Waals surface area contributed by atoms with Crippen molar-refractivity contribution in [2.24, 2.45) is 0 Å². The highest BCUT2D eigenvalue weighted by atomic mass is 79.9. The summed E-state index contributed by atoms with van der Waals surface area (Å²) in [6.07, 6.45) is 2.65. The summed E-state index contributed by atoms with van der Waals surface area (Å²) < 4.78 is 12.4. The summed E-state index contributed by atoms with van der Waals surface area (Å²) in [6, 6.07) is 7.23. The molecule has 3 nitrogen and oxygen atoms in total. The number of rotatable bonds is 8. The molecule has 0 amide bonds. The lowest BCUT2D eigenvalue weighted by atomic mass is 10.1. The van der Waals surface area contributed by atoms with Gasteiger partial charge in [0.25, 0.3) is 0 Å². The molecule has 2 rings (SSSR count). The molecule has 118 valence electrons. The van der Waals surface area contributed by atoms with Crippen LogP contribution in [-0.4, -0.2) is 24.9 Å². The van der Waals surface area contributed by atoms with E-state index in [-0.39, 0.29) is 5.60 Å². The van der Waals surface area contributed by atoms with Gasteiger partial charge in [0, 0.05) is 17.1 Å². The lowest BCUT2D eigenvalue weighted by Crippen LogP contribution is -2.21. The first kappa shape index (κ1) is 16.9. The van der Waals surface area contributed by atoms with Crippen molar-refractivity contribution >= 4 is 15.9 Å². The van der Waals surface area contributed by atoms with Gasteiger partial charge in [-0.3, -0.25) is 0 Å². The van der Waals surface area contributed by atoms with E-state index < -0.39 is 0 Å². The Morgan fingerprint density at radius 1 is 1.24 bits per heavy atom. The molecule has 1 saturated carbocycles. The van der Waals surface area contributed by atoms with E-state index in [0.717, 1.165) is 17.1 Å². The van der Waals surface area contributed by atoms with Gasteiger partial charge in [-0.25, -0.2) is 0 Å².